The third-order valence-corrected chi connectivity index (χ3v) is 5.79. The van der Waals surface area contributed by atoms with E-state index in [0.29, 0.717) is 19.4 Å². The number of likely N-dealkylation sites (tertiary alicyclic amines) is 1. The first-order valence-corrected chi connectivity index (χ1v) is 10.7. The van der Waals surface area contributed by atoms with Gasteiger partial charge in [0.1, 0.15) is 18.1 Å². The summed E-state index contributed by atoms with van der Waals surface area (Å²) >= 11 is 4.14. The average Bonchev–Trinajstić information content (AvgIpc) is 3.17. The van der Waals surface area contributed by atoms with Crippen LogP contribution in [0.3, 0.4) is 0 Å². The molecule has 1 heterocycles. The molecule has 0 saturated carbocycles. The Bertz CT molecular complexity index is 615. The number of hydrogen-bond donors (Lipinski definition) is 5. The smallest absolute Gasteiger partial charge is 0.326 e. The third-order valence-electron chi connectivity index (χ3n) is 5.43. The Hall–Kier alpha value is -1.81. The topological polar surface area (TPSA) is 142 Å². The number of carbonyl (C=O) groups excluding carboxylic acids is 3. The van der Waals surface area contributed by atoms with Crippen LogP contribution in [-0.4, -0.2) is 70.2 Å². The van der Waals surface area contributed by atoms with E-state index in [-0.39, 0.29) is 17.6 Å². The summed E-state index contributed by atoms with van der Waals surface area (Å²) in [4.78, 5) is 50.7. The van der Waals surface area contributed by atoms with Crippen LogP contribution in [-0.2, 0) is 19.2 Å². The number of carboxylic acids is 1. The van der Waals surface area contributed by atoms with Crippen LogP contribution in [0.15, 0.2) is 0 Å². The summed E-state index contributed by atoms with van der Waals surface area (Å²) in [7, 11) is 0. The van der Waals surface area contributed by atoms with Gasteiger partial charge in [-0.2, -0.15) is 12.6 Å². The van der Waals surface area contributed by atoms with E-state index < -0.39 is 47.9 Å². The molecule has 1 aliphatic heterocycles. The van der Waals surface area contributed by atoms with Crippen molar-refractivity contribution in [3.63, 3.8) is 0 Å². The van der Waals surface area contributed by atoms with Crippen LogP contribution in [0.2, 0.25) is 0 Å². The molecular formula is C19H34N4O5S. The Morgan fingerprint density at radius 3 is 2.28 bits per heavy atom. The van der Waals surface area contributed by atoms with Gasteiger partial charge in [0.25, 0.3) is 0 Å². The first-order chi connectivity index (χ1) is 13.5. The molecule has 0 aromatic carbocycles. The van der Waals surface area contributed by atoms with E-state index in [0.717, 1.165) is 6.42 Å². The van der Waals surface area contributed by atoms with Crippen LogP contribution < -0.4 is 16.4 Å². The number of thiol groups is 1. The molecular weight excluding hydrogens is 396 g/mol. The molecule has 1 fully saturated rings. The van der Waals surface area contributed by atoms with Gasteiger partial charge in [-0.1, -0.05) is 34.1 Å². The van der Waals surface area contributed by atoms with Crippen molar-refractivity contribution in [2.75, 3.05) is 12.3 Å². The fourth-order valence-electron chi connectivity index (χ4n) is 3.21. The van der Waals surface area contributed by atoms with Gasteiger partial charge in [-0.15, -0.1) is 0 Å². The molecule has 0 spiro atoms. The molecule has 5 unspecified atom stereocenters. The maximum absolute atomic E-state index is 12.9. The number of rotatable bonds is 10. The highest BCUT2D eigenvalue weighted by Crippen LogP contribution is 2.20. The minimum absolute atomic E-state index is 0.0330. The Balaban J connectivity index is 2.86. The normalized spacial score (nSPS) is 20.7. The molecule has 1 rings (SSSR count). The molecule has 3 amide bonds. The van der Waals surface area contributed by atoms with E-state index >= 15 is 0 Å². The molecule has 0 aromatic rings. The van der Waals surface area contributed by atoms with Crippen molar-refractivity contribution >= 4 is 36.3 Å². The first kappa shape index (κ1) is 25.2. The van der Waals surface area contributed by atoms with Gasteiger partial charge in [0, 0.05) is 12.3 Å². The molecule has 1 saturated heterocycles. The minimum Gasteiger partial charge on any atom is -0.480 e. The lowest BCUT2D eigenvalue weighted by molar-refractivity contribution is -0.150. The van der Waals surface area contributed by atoms with Crippen LogP contribution in [0.5, 0.6) is 0 Å². The molecule has 0 aromatic heterocycles. The van der Waals surface area contributed by atoms with Gasteiger partial charge in [0.05, 0.1) is 6.04 Å². The van der Waals surface area contributed by atoms with Gasteiger partial charge in [0.15, 0.2) is 0 Å². The van der Waals surface area contributed by atoms with Crippen LogP contribution in [0.1, 0.15) is 47.0 Å². The van der Waals surface area contributed by atoms with E-state index in [1.165, 1.54) is 4.90 Å². The zero-order valence-electron chi connectivity index (χ0n) is 17.6. The van der Waals surface area contributed by atoms with Gasteiger partial charge in [0.2, 0.25) is 17.7 Å². The molecule has 0 aliphatic carbocycles. The zero-order chi connectivity index (χ0) is 22.3. The Labute approximate surface area is 177 Å². The van der Waals surface area contributed by atoms with Crippen molar-refractivity contribution in [2.24, 2.45) is 17.6 Å². The SMILES string of the molecule is CCC(C)C(N)C(=O)NC(CS)C(=O)NC(C(=O)N1CCCC1C(=O)O)C(C)C. The lowest BCUT2D eigenvalue weighted by Gasteiger charge is -2.30. The number of aliphatic carboxylic acids is 1. The van der Waals surface area contributed by atoms with Gasteiger partial charge in [-0.3, -0.25) is 14.4 Å². The van der Waals surface area contributed by atoms with Gasteiger partial charge in [-0.25, -0.2) is 4.79 Å². The maximum Gasteiger partial charge on any atom is 0.326 e. The van der Waals surface area contributed by atoms with E-state index in [2.05, 4.69) is 23.3 Å². The summed E-state index contributed by atoms with van der Waals surface area (Å²) in [5.41, 5.74) is 5.91. The number of nitrogens with zero attached hydrogens (tertiary/aromatic N) is 1. The predicted octanol–water partition coefficient (Wildman–Crippen LogP) is -0.00920. The van der Waals surface area contributed by atoms with Gasteiger partial charge in [-0.05, 0) is 24.7 Å². The lowest BCUT2D eigenvalue weighted by Crippen LogP contribution is -2.59. The summed E-state index contributed by atoms with van der Waals surface area (Å²) in [6, 6.07) is -3.48. The lowest BCUT2D eigenvalue weighted by atomic mass is 9.99. The van der Waals surface area contributed by atoms with E-state index in [1.807, 2.05) is 13.8 Å². The molecule has 0 bridgehead atoms. The summed E-state index contributed by atoms with van der Waals surface area (Å²) < 4.78 is 0. The fourth-order valence-corrected chi connectivity index (χ4v) is 3.46. The molecule has 5 N–H and O–H groups in total. The number of carboxylic acid groups (broad SMARTS) is 1. The Kier molecular flexibility index (Phi) is 9.91. The van der Waals surface area contributed by atoms with Crippen molar-refractivity contribution < 1.29 is 24.3 Å². The zero-order valence-corrected chi connectivity index (χ0v) is 18.4. The number of hydrogen-bond acceptors (Lipinski definition) is 6. The molecule has 5 atom stereocenters. The number of nitrogens with one attached hydrogen (secondary N) is 2. The van der Waals surface area contributed by atoms with Crippen LogP contribution in [0.25, 0.3) is 0 Å². The molecule has 9 nitrogen and oxygen atoms in total. The van der Waals surface area contributed by atoms with Crippen molar-refractivity contribution in [3.8, 4) is 0 Å². The standard InChI is InChI=1S/C19H34N4O5S/c1-5-11(4)14(20)17(25)21-12(9-29)16(24)22-15(10(2)3)18(26)23-8-6-7-13(23)19(27)28/h10-15,29H,5-9,20H2,1-4H3,(H,21,25)(H,22,24)(H,27,28). The van der Waals surface area contributed by atoms with Crippen molar-refractivity contribution in [1.82, 2.24) is 15.5 Å². The summed E-state index contributed by atoms with van der Waals surface area (Å²) in [5, 5.41) is 14.6. The highest BCUT2D eigenvalue weighted by Gasteiger charge is 2.39. The van der Waals surface area contributed by atoms with Crippen molar-refractivity contribution in [1.29, 1.82) is 0 Å². The second-order valence-corrected chi connectivity index (χ2v) is 8.28. The number of carbonyl (C=O) groups is 4. The highest BCUT2D eigenvalue weighted by atomic mass is 32.1. The summed E-state index contributed by atoms with van der Waals surface area (Å²) in [6.07, 6.45) is 1.71. The Morgan fingerprint density at radius 2 is 1.79 bits per heavy atom. The predicted molar refractivity (Wildman–Crippen MR) is 112 cm³/mol. The second-order valence-electron chi connectivity index (χ2n) is 7.91. The average molecular weight is 431 g/mol. The molecule has 1 aliphatic rings. The Morgan fingerprint density at radius 1 is 1.17 bits per heavy atom. The molecule has 166 valence electrons. The number of amides is 3. The monoisotopic (exact) mass is 430 g/mol. The fraction of sp³-hybridized carbons (Fsp3) is 0.789. The molecule has 10 heteroatoms. The summed E-state index contributed by atoms with van der Waals surface area (Å²) in [5.74, 6) is -2.77. The highest BCUT2D eigenvalue weighted by molar-refractivity contribution is 7.80. The number of nitrogens with two attached hydrogens (primary N) is 1. The van der Waals surface area contributed by atoms with Crippen LogP contribution in [0.4, 0.5) is 0 Å². The third kappa shape index (κ3) is 6.60. The molecule has 0 radical (unpaired) electrons. The minimum atomic E-state index is -1.05. The van der Waals surface area contributed by atoms with E-state index in [1.54, 1.807) is 13.8 Å². The van der Waals surface area contributed by atoms with Crippen molar-refractivity contribution in [2.45, 2.75) is 71.1 Å². The van der Waals surface area contributed by atoms with Crippen LogP contribution in [0, 0.1) is 11.8 Å². The maximum atomic E-state index is 12.9. The van der Waals surface area contributed by atoms with Gasteiger partial charge < -0.3 is 26.4 Å². The van der Waals surface area contributed by atoms with Crippen LogP contribution >= 0.6 is 12.6 Å². The second kappa shape index (κ2) is 11.4. The van der Waals surface area contributed by atoms with Crippen molar-refractivity contribution in [3.05, 3.63) is 0 Å². The van der Waals surface area contributed by atoms with E-state index in [4.69, 9.17) is 5.73 Å². The summed E-state index contributed by atoms with van der Waals surface area (Å²) in [6.45, 7) is 7.64. The molecule has 29 heavy (non-hydrogen) atoms. The van der Waals surface area contributed by atoms with Gasteiger partial charge >= 0.3 is 5.97 Å². The quantitative estimate of drug-likeness (QED) is 0.309. The van der Waals surface area contributed by atoms with E-state index in [9.17, 15) is 24.3 Å². The first-order valence-electron chi connectivity index (χ1n) is 10.1. The largest absolute Gasteiger partial charge is 0.480 e.